The Hall–Kier alpha value is -5.58. The van der Waals surface area contributed by atoms with Gasteiger partial charge in [-0.2, -0.15) is 0 Å². The Labute approximate surface area is 271 Å². The fourth-order valence-corrected chi connectivity index (χ4v) is 7.24. The summed E-state index contributed by atoms with van der Waals surface area (Å²) in [6.07, 6.45) is -0.651. The molecule has 8 rings (SSSR count). The van der Waals surface area contributed by atoms with Crippen LogP contribution in [0.15, 0.2) is 84.9 Å². The van der Waals surface area contributed by atoms with Gasteiger partial charge < -0.3 is 5.32 Å². The first-order chi connectivity index (χ1) is 23.5. The summed E-state index contributed by atoms with van der Waals surface area (Å²) in [7, 11) is 0. The zero-order valence-electron chi connectivity index (χ0n) is 24.6. The van der Waals surface area contributed by atoms with Crippen LogP contribution in [0, 0.1) is 58.2 Å². The van der Waals surface area contributed by atoms with Crippen LogP contribution in [0.5, 0.6) is 0 Å². The van der Waals surface area contributed by atoms with Crippen molar-refractivity contribution in [3.8, 4) is 22.3 Å². The molecule has 0 heterocycles. The largest absolute Gasteiger partial charge is 0.351 e. The molecule has 0 aliphatic heterocycles. The minimum atomic E-state index is -2.30. The van der Waals surface area contributed by atoms with Crippen molar-refractivity contribution in [2.24, 2.45) is 0 Å². The second-order valence-corrected chi connectivity index (χ2v) is 11.8. The van der Waals surface area contributed by atoms with Gasteiger partial charge in [0.1, 0.15) is 5.69 Å². The van der Waals surface area contributed by atoms with E-state index in [0.717, 1.165) is 22.3 Å². The SMILES string of the molecule is Fc1c(F)c(F)c(Cc2ccc3c(c2)C2(c4ccccc4-3)c3ccccc3-c3ccc(Nc4c(F)c(F)c(F)c(F)c4F)cc32)c(F)c1F. The van der Waals surface area contributed by atoms with E-state index in [0.29, 0.717) is 22.3 Å². The number of rotatable bonds is 4. The van der Waals surface area contributed by atoms with Crippen molar-refractivity contribution in [2.75, 3.05) is 5.32 Å². The van der Waals surface area contributed by atoms with Gasteiger partial charge >= 0.3 is 0 Å². The van der Waals surface area contributed by atoms with Gasteiger partial charge in [0.05, 0.1) is 5.41 Å². The summed E-state index contributed by atoms with van der Waals surface area (Å²) < 4.78 is 143. The Morgan fingerprint density at radius 3 is 1.39 bits per heavy atom. The summed E-state index contributed by atoms with van der Waals surface area (Å²) in [5, 5.41) is 2.35. The summed E-state index contributed by atoms with van der Waals surface area (Å²) in [5.74, 6) is -20.9. The third kappa shape index (κ3) is 4.07. The zero-order chi connectivity index (χ0) is 34.5. The highest BCUT2D eigenvalue weighted by Crippen LogP contribution is 2.63. The van der Waals surface area contributed by atoms with Gasteiger partial charge in [-0.1, -0.05) is 72.8 Å². The number of nitrogens with one attached hydrogen (secondary N) is 1. The Morgan fingerprint density at radius 1 is 0.408 bits per heavy atom. The van der Waals surface area contributed by atoms with Crippen molar-refractivity contribution in [1.82, 2.24) is 0 Å². The normalized spacial score (nSPS) is 15.3. The molecule has 0 saturated heterocycles. The maximum atomic E-state index is 14.8. The summed E-state index contributed by atoms with van der Waals surface area (Å²) in [6.45, 7) is 0. The lowest BCUT2D eigenvalue weighted by molar-refractivity contribution is 0.371. The van der Waals surface area contributed by atoms with Gasteiger partial charge in [-0.15, -0.1) is 0 Å². The van der Waals surface area contributed by atoms with E-state index >= 15 is 0 Å². The average molecular weight is 678 g/mol. The highest BCUT2D eigenvalue weighted by atomic mass is 19.2. The fraction of sp³-hybridized carbons (Fsp3) is 0.0526. The molecule has 0 fully saturated rings. The molecule has 0 amide bonds. The fourth-order valence-electron chi connectivity index (χ4n) is 7.24. The van der Waals surface area contributed by atoms with E-state index in [4.69, 9.17) is 0 Å². The minimum Gasteiger partial charge on any atom is -0.351 e. The van der Waals surface area contributed by atoms with Crippen LogP contribution < -0.4 is 5.32 Å². The predicted octanol–water partition coefficient (Wildman–Crippen LogP) is 10.8. The zero-order valence-corrected chi connectivity index (χ0v) is 24.6. The summed E-state index contributed by atoms with van der Waals surface area (Å²) in [5.41, 5.74) is 2.26. The molecule has 0 saturated carbocycles. The van der Waals surface area contributed by atoms with E-state index in [1.807, 2.05) is 24.3 Å². The number of hydrogen-bond donors (Lipinski definition) is 1. The van der Waals surface area contributed by atoms with Crippen molar-refractivity contribution in [3.05, 3.63) is 176 Å². The topological polar surface area (TPSA) is 12.0 Å². The molecule has 2 aliphatic rings. The van der Waals surface area contributed by atoms with Crippen LogP contribution in [0.3, 0.4) is 0 Å². The van der Waals surface area contributed by atoms with Crippen molar-refractivity contribution in [2.45, 2.75) is 11.8 Å². The summed E-state index contributed by atoms with van der Waals surface area (Å²) >= 11 is 0. The van der Waals surface area contributed by atoms with Crippen LogP contribution in [0.2, 0.25) is 0 Å². The standard InChI is InChI=1S/C38H17F10N/c39-27-22(28(40)30(42)31(43)29(27)41)13-16-9-11-20-18-5-1-3-7-23(18)38(25(20)14-16)24-8-4-2-6-19(24)21-12-10-17(15-26(21)38)49-37-35(47)33(45)32(44)34(46)36(37)48/h1-12,14-15,49H,13H2. The Bertz CT molecular complexity index is 2190. The lowest BCUT2D eigenvalue weighted by Gasteiger charge is -2.31. The Balaban J connectivity index is 1.36. The molecule has 1 unspecified atom stereocenters. The molecule has 1 N–H and O–H groups in total. The number of benzene rings is 6. The second kappa shape index (κ2) is 10.7. The van der Waals surface area contributed by atoms with Crippen molar-refractivity contribution in [3.63, 3.8) is 0 Å². The van der Waals surface area contributed by atoms with Crippen molar-refractivity contribution >= 4 is 11.4 Å². The summed E-state index contributed by atoms with van der Waals surface area (Å²) in [4.78, 5) is 0. The van der Waals surface area contributed by atoms with E-state index in [1.54, 1.807) is 42.5 Å². The number of anilines is 2. The Morgan fingerprint density at radius 2 is 0.837 bits per heavy atom. The van der Waals surface area contributed by atoms with Crippen LogP contribution in [-0.4, -0.2) is 0 Å². The molecule has 6 aromatic rings. The third-order valence-electron chi connectivity index (χ3n) is 9.31. The molecule has 6 aromatic carbocycles. The quantitative estimate of drug-likeness (QED) is 0.111. The van der Waals surface area contributed by atoms with Gasteiger partial charge in [0, 0.05) is 17.7 Å². The number of halogens is 10. The minimum absolute atomic E-state index is 0.0161. The number of fused-ring (bicyclic) bond motifs is 10. The molecule has 244 valence electrons. The highest BCUT2D eigenvalue weighted by Gasteiger charge is 2.51. The van der Waals surface area contributed by atoms with E-state index in [-0.39, 0.29) is 11.3 Å². The van der Waals surface area contributed by atoms with Gasteiger partial charge in [0.15, 0.2) is 46.5 Å². The van der Waals surface area contributed by atoms with Gasteiger partial charge in [-0.05, 0) is 62.2 Å². The van der Waals surface area contributed by atoms with Gasteiger partial charge in [0.25, 0.3) is 0 Å². The molecule has 0 aromatic heterocycles. The smallest absolute Gasteiger partial charge is 0.200 e. The monoisotopic (exact) mass is 677 g/mol. The van der Waals surface area contributed by atoms with Gasteiger partial charge in [-0.25, -0.2) is 43.9 Å². The first-order valence-electron chi connectivity index (χ1n) is 14.7. The lowest BCUT2D eigenvalue weighted by atomic mass is 9.70. The first-order valence-corrected chi connectivity index (χ1v) is 14.7. The molecule has 49 heavy (non-hydrogen) atoms. The van der Waals surface area contributed by atoms with E-state index in [2.05, 4.69) is 5.32 Å². The molecule has 0 radical (unpaired) electrons. The highest BCUT2D eigenvalue weighted by molar-refractivity contribution is 5.95. The molecular weight excluding hydrogens is 660 g/mol. The third-order valence-corrected chi connectivity index (χ3v) is 9.31. The van der Waals surface area contributed by atoms with E-state index < -0.39 is 81.3 Å². The molecular formula is C38H17F10N. The molecule has 1 nitrogen and oxygen atoms in total. The van der Waals surface area contributed by atoms with E-state index in [1.165, 1.54) is 18.2 Å². The van der Waals surface area contributed by atoms with Gasteiger partial charge in [-0.3, -0.25) is 0 Å². The van der Waals surface area contributed by atoms with Crippen LogP contribution in [0.4, 0.5) is 55.3 Å². The maximum Gasteiger partial charge on any atom is 0.200 e. The lowest BCUT2D eigenvalue weighted by Crippen LogP contribution is -2.26. The van der Waals surface area contributed by atoms with E-state index in [9.17, 15) is 43.9 Å². The van der Waals surface area contributed by atoms with Crippen LogP contribution in [0.25, 0.3) is 22.3 Å². The maximum absolute atomic E-state index is 14.8. The first kappa shape index (κ1) is 30.7. The van der Waals surface area contributed by atoms with Crippen molar-refractivity contribution < 1.29 is 43.9 Å². The number of hydrogen-bond acceptors (Lipinski definition) is 1. The van der Waals surface area contributed by atoms with Crippen LogP contribution in [0.1, 0.15) is 33.4 Å². The van der Waals surface area contributed by atoms with Crippen LogP contribution >= 0.6 is 0 Å². The van der Waals surface area contributed by atoms with Gasteiger partial charge in [0.2, 0.25) is 11.6 Å². The molecule has 1 atom stereocenters. The molecule has 11 heteroatoms. The Kier molecular flexibility index (Phi) is 6.72. The predicted molar refractivity (Wildman–Crippen MR) is 161 cm³/mol. The van der Waals surface area contributed by atoms with Crippen molar-refractivity contribution in [1.29, 1.82) is 0 Å². The molecule has 1 spiro atoms. The van der Waals surface area contributed by atoms with Crippen LogP contribution in [-0.2, 0) is 11.8 Å². The average Bonchev–Trinajstić information content (AvgIpc) is 3.58. The molecule has 2 aliphatic carbocycles. The summed E-state index contributed by atoms with van der Waals surface area (Å²) in [6, 6.07) is 24.0. The molecule has 0 bridgehead atoms. The second-order valence-electron chi connectivity index (χ2n) is 11.8.